The van der Waals surface area contributed by atoms with E-state index in [9.17, 15) is 4.79 Å². The van der Waals surface area contributed by atoms with Gasteiger partial charge >= 0.3 is 6.01 Å². The summed E-state index contributed by atoms with van der Waals surface area (Å²) in [5.41, 5.74) is 5.66. The van der Waals surface area contributed by atoms with Crippen molar-refractivity contribution < 1.29 is 14.3 Å². The largest absolute Gasteiger partial charge is 0.493 e. The molecule has 0 radical (unpaired) electrons. The normalized spacial score (nSPS) is 13.1. The van der Waals surface area contributed by atoms with Crippen molar-refractivity contribution in [2.75, 3.05) is 19.0 Å². The highest BCUT2D eigenvalue weighted by molar-refractivity contribution is 6.32. The molecular formula is C24H22ClN5O3. The first-order valence-electron chi connectivity index (χ1n) is 10.7. The minimum atomic E-state index is 0.0882. The maximum atomic E-state index is 13.0. The number of anilines is 2. The number of hydrogen-bond acceptors (Lipinski definition) is 7. The summed E-state index contributed by atoms with van der Waals surface area (Å²) in [6.07, 6.45) is 5.42. The fourth-order valence-corrected chi connectivity index (χ4v) is 4.45. The topological polar surface area (TPSA) is 102 Å². The van der Waals surface area contributed by atoms with Gasteiger partial charge in [0, 0.05) is 23.9 Å². The van der Waals surface area contributed by atoms with Gasteiger partial charge in [0.05, 0.1) is 47.6 Å². The highest BCUT2D eigenvalue weighted by Crippen LogP contribution is 2.43. The smallest absolute Gasteiger partial charge is 0.317 e. The van der Waals surface area contributed by atoms with E-state index < -0.39 is 0 Å². The molecule has 0 saturated heterocycles. The van der Waals surface area contributed by atoms with Crippen LogP contribution in [-0.2, 0) is 6.42 Å². The number of nitrogens with one attached hydrogen (secondary N) is 2. The number of pyridine rings is 1. The molecule has 33 heavy (non-hydrogen) atoms. The molecular weight excluding hydrogens is 442 g/mol. The van der Waals surface area contributed by atoms with E-state index in [1.807, 2.05) is 25.1 Å². The molecule has 3 heterocycles. The van der Waals surface area contributed by atoms with Crippen LogP contribution in [0.4, 0.5) is 11.4 Å². The van der Waals surface area contributed by atoms with Crippen molar-refractivity contribution in [2.24, 2.45) is 0 Å². The summed E-state index contributed by atoms with van der Waals surface area (Å²) in [5.74, 6) is 0.592. The number of aromatic nitrogens is 4. The summed E-state index contributed by atoms with van der Waals surface area (Å²) < 4.78 is 11.0. The minimum absolute atomic E-state index is 0.0882. The number of methoxy groups -OCH3 is 1. The van der Waals surface area contributed by atoms with Crippen molar-refractivity contribution in [2.45, 2.75) is 26.2 Å². The zero-order chi connectivity index (χ0) is 22.9. The zero-order valence-corrected chi connectivity index (χ0v) is 19.0. The average molecular weight is 464 g/mol. The van der Waals surface area contributed by atoms with Crippen LogP contribution in [0.2, 0.25) is 5.02 Å². The molecule has 0 saturated carbocycles. The van der Waals surface area contributed by atoms with Crippen molar-refractivity contribution in [3.63, 3.8) is 0 Å². The fourth-order valence-electron chi connectivity index (χ4n) is 4.20. The molecule has 4 aromatic rings. The summed E-state index contributed by atoms with van der Waals surface area (Å²) >= 11 is 6.34. The van der Waals surface area contributed by atoms with Gasteiger partial charge in [0.1, 0.15) is 11.0 Å². The summed E-state index contributed by atoms with van der Waals surface area (Å²) in [7, 11) is 1.56. The molecule has 3 aromatic heterocycles. The van der Waals surface area contributed by atoms with Gasteiger partial charge < -0.3 is 19.8 Å². The molecule has 0 unspecified atom stereocenters. The average Bonchev–Trinajstić information content (AvgIpc) is 3.18. The van der Waals surface area contributed by atoms with Gasteiger partial charge in [-0.2, -0.15) is 4.98 Å². The number of aryl methyl sites for hydroxylation is 1. The zero-order valence-electron chi connectivity index (χ0n) is 18.2. The van der Waals surface area contributed by atoms with Crippen LogP contribution in [0.5, 0.6) is 11.8 Å². The van der Waals surface area contributed by atoms with E-state index in [2.05, 4.69) is 25.3 Å². The predicted octanol–water partition coefficient (Wildman–Crippen LogP) is 5.34. The molecule has 5 rings (SSSR count). The van der Waals surface area contributed by atoms with Crippen molar-refractivity contribution in [1.29, 1.82) is 0 Å². The van der Waals surface area contributed by atoms with E-state index in [-0.39, 0.29) is 11.8 Å². The number of carbonyl (C=O) groups is 1. The Hall–Kier alpha value is -3.65. The molecule has 9 heteroatoms. The molecule has 8 nitrogen and oxygen atoms in total. The van der Waals surface area contributed by atoms with Crippen LogP contribution in [0.1, 0.15) is 35.8 Å². The maximum Gasteiger partial charge on any atom is 0.317 e. The number of ether oxygens (including phenoxy) is 2. The van der Waals surface area contributed by atoms with Crippen LogP contribution in [0.3, 0.4) is 0 Å². The lowest BCUT2D eigenvalue weighted by atomic mass is 9.95. The summed E-state index contributed by atoms with van der Waals surface area (Å²) in [5, 5.41) is 3.89. The number of aromatic amines is 1. The Labute approximate surface area is 195 Å². The molecule has 0 amide bonds. The van der Waals surface area contributed by atoms with E-state index >= 15 is 0 Å². The molecule has 1 aromatic carbocycles. The first kappa shape index (κ1) is 21.2. The van der Waals surface area contributed by atoms with Crippen LogP contribution < -0.4 is 14.8 Å². The summed E-state index contributed by atoms with van der Waals surface area (Å²) in [6, 6.07) is 7.59. The third kappa shape index (κ3) is 3.76. The van der Waals surface area contributed by atoms with E-state index in [0.29, 0.717) is 51.8 Å². The third-order valence-corrected chi connectivity index (χ3v) is 5.92. The quantitative estimate of drug-likeness (QED) is 0.397. The number of nitrogens with zero attached hydrogens (tertiary/aromatic N) is 3. The van der Waals surface area contributed by atoms with E-state index in [4.69, 9.17) is 21.1 Å². The second kappa shape index (κ2) is 8.71. The van der Waals surface area contributed by atoms with Gasteiger partial charge in [-0.1, -0.05) is 17.7 Å². The number of H-pyrrole nitrogens is 1. The summed E-state index contributed by atoms with van der Waals surface area (Å²) in [6.45, 7) is 2.33. The maximum absolute atomic E-state index is 13.0. The molecule has 0 bridgehead atoms. The monoisotopic (exact) mass is 463 g/mol. The Balaban J connectivity index is 1.74. The second-order valence-corrected chi connectivity index (χ2v) is 8.04. The van der Waals surface area contributed by atoms with Gasteiger partial charge in [0.15, 0.2) is 11.5 Å². The fraction of sp³-hybridized carbons (Fsp3) is 0.250. The van der Waals surface area contributed by atoms with Crippen LogP contribution in [0, 0.1) is 0 Å². The highest BCUT2D eigenvalue weighted by atomic mass is 35.5. The van der Waals surface area contributed by atoms with Gasteiger partial charge in [-0.05, 0) is 38.0 Å². The van der Waals surface area contributed by atoms with E-state index in [1.165, 1.54) is 0 Å². The molecule has 0 spiro atoms. The lowest BCUT2D eigenvalue weighted by molar-refractivity contribution is 0.0973. The number of benzene rings is 1. The molecule has 2 N–H and O–H groups in total. The van der Waals surface area contributed by atoms with Gasteiger partial charge in [-0.15, -0.1) is 0 Å². The second-order valence-electron chi connectivity index (χ2n) is 7.63. The number of carbonyl (C=O) groups excluding carboxylic acids is 1. The Morgan fingerprint density at radius 2 is 2.09 bits per heavy atom. The number of halogens is 1. The van der Waals surface area contributed by atoms with Crippen molar-refractivity contribution in [3.05, 3.63) is 52.9 Å². The first-order chi connectivity index (χ1) is 16.1. The number of Topliss-reactive ketones (excluding diaryl/α,β-unsaturated/α-hetero) is 1. The SMILES string of the molecule is CCOc1ncc2nccc(-c3[nH]c4c(c3Nc3cccc(Cl)c3OC)C(=O)CCC4)c2n1. The van der Waals surface area contributed by atoms with Crippen LogP contribution in [0.15, 0.2) is 36.7 Å². The third-order valence-electron chi connectivity index (χ3n) is 5.62. The van der Waals surface area contributed by atoms with Crippen LogP contribution in [-0.4, -0.2) is 39.4 Å². The van der Waals surface area contributed by atoms with Crippen LogP contribution in [0.25, 0.3) is 22.3 Å². The number of para-hydroxylation sites is 1. The molecule has 1 aliphatic rings. The van der Waals surface area contributed by atoms with Crippen molar-refractivity contribution in [1.82, 2.24) is 19.9 Å². The number of fused-ring (bicyclic) bond motifs is 2. The van der Waals surface area contributed by atoms with Gasteiger partial charge in [0.2, 0.25) is 0 Å². The van der Waals surface area contributed by atoms with E-state index in [1.54, 1.807) is 25.6 Å². The number of rotatable bonds is 6. The lowest BCUT2D eigenvalue weighted by Crippen LogP contribution is -2.11. The van der Waals surface area contributed by atoms with Gasteiger partial charge in [-0.25, -0.2) is 4.98 Å². The van der Waals surface area contributed by atoms with Gasteiger partial charge in [-0.3, -0.25) is 9.78 Å². The number of ketones is 1. The predicted molar refractivity (Wildman–Crippen MR) is 127 cm³/mol. The van der Waals surface area contributed by atoms with E-state index in [0.717, 1.165) is 29.8 Å². The van der Waals surface area contributed by atoms with Crippen molar-refractivity contribution >= 4 is 39.8 Å². The highest BCUT2D eigenvalue weighted by Gasteiger charge is 2.28. The first-order valence-corrected chi connectivity index (χ1v) is 11.1. The molecule has 168 valence electrons. The Morgan fingerprint density at radius 3 is 2.91 bits per heavy atom. The Bertz CT molecular complexity index is 1370. The number of hydrogen-bond donors (Lipinski definition) is 2. The van der Waals surface area contributed by atoms with Gasteiger partial charge in [0.25, 0.3) is 0 Å². The van der Waals surface area contributed by atoms with Crippen molar-refractivity contribution in [3.8, 4) is 23.0 Å². The Morgan fingerprint density at radius 1 is 1.21 bits per heavy atom. The minimum Gasteiger partial charge on any atom is -0.493 e. The van der Waals surface area contributed by atoms with Crippen LogP contribution >= 0.6 is 11.6 Å². The molecule has 0 aliphatic heterocycles. The summed E-state index contributed by atoms with van der Waals surface area (Å²) in [4.78, 5) is 29.7. The molecule has 0 fully saturated rings. The molecule has 0 atom stereocenters. The standard InChI is InChI=1S/C24H22ClN5O3/c1-3-33-24-27-12-17-20(30-24)13(10-11-26-17)21-22(19-15(28-21)7-5-9-18(19)31)29-16-8-4-6-14(25)23(16)32-2/h4,6,8,10-12,28-29H,3,5,7,9H2,1-2H3. The lowest BCUT2D eigenvalue weighted by Gasteiger charge is -2.16. The Kier molecular flexibility index (Phi) is 5.60. The molecule has 1 aliphatic carbocycles.